The third-order valence-electron chi connectivity index (χ3n) is 5.68. The van der Waals surface area contributed by atoms with Gasteiger partial charge in [0, 0.05) is 42.7 Å². The van der Waals surface area contributed by atoms with Crippen molar-refractivity contribution >= 4 is 22.6 Å². The third kappa shape index (κ3) is 5.82. The molecule has 4 rings (SSSR count). The number of ether oxygens (including phenoxy) is 3. The fourth-order valence-corrected chi connectivity index (χ4v) is 3.94. The molecule has 0 saturated heterocycles. The molecule has 0 amide bonds. The van der Waals surface area contributed by atoms with Crippen molar-refractivity contribution in [3.8, 4) is 22.4 Å². The molecule has 0 atom stereocenters. The second kappa shape index (κ2) is 11.6. The number of anilines is 1. The highest BCUT2D eigenvalue weighted by Gasteiger charge is 2.16. The number of pyridine rings is 2. The summed E-state index contributed by atoms with van der Waals surface area (Å²) in [5, 5.41) is 0.648. The molecule has 7 heteroatoms. The van der Waals surface area contributed by atoms with Crippen LogP contribution in [0.4, 0.5) is 5.69 Å². The molecule has 0 aliphatic carbocycles. The summed E-state index contributed by atoms with van der Waals surface area (Å²) in [5.74, 6) is -0.408. The van der Waals surface area contributed by atoms with E-state index in [0.29, 0.717) is 41.2 Å². The Kier molecular flexibility index (Phi) is 8.03. The maximum absolute atomic E-state index is 12.6. The van der Waals surface area contributed by atoms with Crippen LogP contribution in [0.3, 0.4) is 0 Å². The number of nitrogen functional groups attached to an aromatic ring is 1. The second-order valence-electron chi connectivity index (χ2n) is 8.09. The SMILES string of the molecule is CCOC(=O)c1cc(-c2ccc(-c3ccc(CCCOCOC)cc3)cc2N)nc2ccncc12. The van der Waals surface area contributed by atoms with Gasteiger partial charge in [-0.05, 0) is 54.7 Å². The van der Waals surface area contributed by atoms with Gasteiger partial charge in [-0.15, -0.1) is 0 Å². The highest BCUT2D eigenvalue weighted by molar-refractivity contribution is 6.04. The summed E-state index contributed by atoms with van der Waals surface area (Å²) in [6.07, 6.45) is 5.15. The number of rotatable bonds is 10. The molecule has 2 N–H and O–H groups in total. The van der Waals surface area contributed by atoms with Crippen molar-refractivity contribution < 1.29 is 19.0 Å². The van der Waals surface area contributed by atoms with E-state index in [4.69, 9.17) is 24.9 Å². The molecule has 180 valence electrons. The van der Waals surface area contributed by atoms with Crippen molar-refractivity contribution in [1.82, 2.24) is 9.97 Å². The van der Waals surface area contributed by atoms with E-state index < -0.39 is 5.97 Å². The predicted molar refractivity (Wildman–Crippen MR) is 137 cm³/mol. The molecule has 2 aromatic carbocycles. The van der Waals surface area contributed by atoms with Crippen molar-refractivity contribution in [3.05, 3.63) is 78.1 Å². The summed E-state index contributed by atoms with van der Waals surface area (Å²) in [6, 6.07) is 17.8. The zero-order valence-electron chi connectivity index (χ0n) is 20.0. The van der Waals surface area contributed by atoms with Gasteiger partial charge in [-0.2, -0.15) is 0 Å². The van der Waals surface area contributed by atoms with Crippen LogP contribution in [0.5, 0.6) is 0 Å². The third-order valence-corrected chi connectivity index (χ3v) is 5.68. The van der Waals surface area contributed by atoms with Crippen molar-refractivity contribution in [3.63, 3.8) is 0 Å². The summed E-state index contributed by atoms with van der Waals surface area (Å²) in [6.45, 7) is 3.06. The first-order chi connectivity index (χ1) is 17.1. The van der Waals surface area contributed by atoms with Gasteiger partial charge in [0.1, 0.15) is 6.79 Å². The zero-order valence-corrected chi connectivity index (χ0v) is 20.0. The van der Waals surface area contributed by atoms with Gasteiger partial charge in [-0.1, -0.05) is 36.4 Å². The van der Waals surface area contributed by atoms with Crippen LogP contribution in [0.15, 0.2) is 67.0 Å². The van der Waals surface area contributed by atoms with Crippen molar-refractivity contribution in [2.45, 2.75) is 19.8 Å². The summed E-state index contributed by atoms with van der Waals surface area (Å²) in [5.41, 5.74) is 12.8. The van der Waals surface area contributed by atoms with Gasteiger partial charge in [0.15, 0.2) is 0 Å². The van der Waals surface area contributed by atoms with Gasteiger partial charge in [-0.3, -0.25) is 4.98 Å². The van der Waals surface area contributed by atoms with Gasteiger partial charge in [0.05, 0.1) is 23.4 Å². The van der Waals surface area contributed by atoms with E-state index in [9.17, 15) is 4.79 Å². The average molecular weight is 472 g/mol. The Morgan fingerprint density at radius 3 is 2.57 bits per heavy atom. The van der Waals surface area contributed by atoms with Crippen LogP contribution in [0.25, 0.3) is 33.3 Å². The Hall–Kier alpha value is -3.81. The molecule has 0 fully saturated rings. The number of nitrogens with zero attached hydrogens (tertiary/aromatic N) is 2. The molecule has 0 radical (unpaired) electrons. The summed E-state index contributed by atoms with van der Waals surface area (Å²) >= 11 is 0. The minimum atomic E-state index is -0.408. The molecule has 0 saturated carbocycles. The lowest BCUT2D eigenvalue weighted by molar-refractivity contribution is -0.0310. The van der Waals surface area contributed by atoms with Crippen LogP contribution >= 0.6 is 0 Å². The summed E-state index contributed by atoms with van der Waals surface area (Å²) < 4.78 is 15.5. The quantitative estimate of drug-likeness (QED) is 0.146. The van der Waals surface area contributed by atoms with Crippen molar-refractivity contribution in [2.24, 2.45) is 0 Å². The maximum Gasteiger partial charge on any atom is 0.338 e. The standard InChI is InChI=1S/C28H29N3O4/c1-3-35-28(32)23-16-27(31-26-12-13-30-17-24(23)26)22-11-10-21(15-25(22)29)20-8-6-19(7-9-20)5-4-14-34-18-33-2/h6-13,15-17H,3-5,14,18,29H2,1-2H3. The van der Waals surface area contributed by atoms with Gasteiger partial charge < -0.3 is 19.9 Å². The fraction of sp³-hybridized carbons (Fsp3) is 0.250. The van der Waals surface area contributed by atoms with Gasteiger partial charge in [-0.25, -0.2) is 9.78 Å². The van der Waals surface area contributed by atoms with E-state index in [-0.39, 0.29) is 6.61 Å². The number of carbonyl (C=O) groups is 1. The topological polar surface area (TPSA) is 96.6 Å². The van der Waals surface area contributed by atoms with Gasteiger partial charge in [0.25, 0.3) is 0 Å². The molecule has 0 aliphatic heterocycles. The number of hydrogen-bond acceptors (Lipinski definition) is 7. The highest BCUT2D eigenvalue weighted by atomic mass is 16.7. The lowest BCUT2D eigenvalue weighted by Crippen LogP contribution is -2.07. The minimum absolute atomic E-state index is 0.287. The van der Waals surface area contributed by atoms with Crippen LogP contribution in [0.1, 0.15) is 29.3 Å². The van der Waals surface area contributed by atoms with Crippen LogP contribution < -0.4 is 5.73 Å². The van der Waals surface area contributed by atoms with Crippen LogP contribution in [-0.4, -0.2) is 43.1 Å². The smallest absolute Gasteiger partial charge is 0.338 e. The maximum atomic E-state index is 12.6. The van der Waals surface area contributed by atoms with Gasteiger partial charge >= 0.3 is 5.97 Å². The summed E-state index contributed by atoms with van der Waals surface area (Å²) in [7, 11) is 1.62. The normalized spacial score (nSPS) is 11.0. The Labute approximate surface area is 204 Å². The number of aryl methyl sites for hydroxylation is 1. The first-order valence-electron chi connectivity index (χ1n) is 11.6. The second-order valence-corrected chi connectivity index (χ2v) is 8.09. The average Bonchev–Trinajstić information content (AvgIpc) is 2.88. The monoisotopic (exact) mass is 471 g/mol. The largest absolute Gasteiger partial charge is 0.462 e. The number of carbonyl (C=O) groups excluding carboxylic acids is 1. The number of nitrogens with two attached hydrogens (primary N) is 1. The molecule has 35 heavy (non-hydrogen) atoms. The first kappa shape index (κ1) is 24.3. The zero-order chi connectivity index (χ0) is 24.6. The molecule has 0 unspecified atom stereocenters. The number of benzene rings is 2. The Bertz CT molecular complexity index is 1310. The molecule has 7 nitrogen and oxygen atoms in total. The van der Waals surface area contributed by atoms with Crippen LogP contribution in [0.2, 0.25) is 0 Å². The number of aromatic nitrogens is 2. The van der Waals surface area contributed by atoms with E-state index in [1.807, 2.05) is 18.2 Å². The number of hydrogen-bond donors (Lipinski definition) is 1. The number of methoxy groups -OCH3 is 1. The molecule has 2 heterocycles. The minimum Gasteiger partial charge on any atom is -0.462 e. The number of fused-ring (bicyclic) bond motifs is 1. The molecular weight excluding hydrogens is 442 g/mol. The van der Waals surface area contributed by atoms with Crippen molar-refractivity contribution in [2.75, 3.05) is 32.9 Å². The van der Waals surface area contributed by atoms with Crippen LogP contribution in [-0.2, 0) is 20.6 Å². The molecule has 0 aliphatic rings. The Balaban J connectivity index is 1.57. The highest BCUT2D eigenvalue weighted by Crippen LogP contribution is 2.32. The summed E-state index contributed by atoms with van der Waals surface area (Å²) in [4.78, 5) is 21.4. The fourth-order valence-electron chi connectivity index (χ4n) is 3.94. The van der Waals surface area contributed by atoms with E-state index in [1.165, 1.54) is 5.56 Å². The lowest BCUT2D eigenvalue weighted by atomic mass is 9.98. The molecule has 0 bridgehead atoms. The van der Waals surface area contributed by atoms with E-state index in [1.54, 1.807) is 38.6 Å². The molecule has 4 aromatic rings. The van der Waals surface area contributed by atoms with Crippen molar-refractivity contribution in [1.29, 1.82) is 0 Å². The van der Waals surface area contributed by atoms with Gasteiger partial charge in [0.2, 0.25) is 0 Å². The number of esters is 1. The first-order valence-corrected chi connectivity index (χ1v) is 11.6. The van der Waals surface area contributed by atoms with E-state index in [2.05, 4.69) is 29.2 Å². The predicted octanol–water partition coefficient (Wildman–Crippen LogP) is 5.28. The van der Waals surface area contributed by atoms with E-state index >= 15 is 0 Å². The lowest BCUT2D eigenvalue weighted by Gasteiger charge is -2.12. The molecular formula is C28H29N3O4. The Morgan fingerprint density at radius 1 is 1.03 bits per heavy atom. The van der Waals surface area contributed by atoms with E-state index in [0.717, 1.165) is 29.5 Å². The Morgan fingerprint density at radius 2 is 1.83 bits per heavy atom. The molecule has 2 aromatic heterocycles. The van der Waals surface area contributed by atoms with Crippen LogP contribution in [0, 0.1) is 0 Å². The molecule has 0 spiro atoms.